The molecule has 0 bridgehead atoms. The maximum absolute atomic E-state index is 4.66. The third-order valence-electron chi connectivity index (χ3n) is 3.63. The highest BCUT2D eigenvalue weighted by molar-refractivity contribution is 14.0. The van der Waals surface area contributed by atoms with Crippen LogP contribution in [-0.2, 0) is 13.0 Å². The van der Waals surface area contributed by atoms with Crippen LogP contribution in [0.25, 0.3) is 5.69 Å². The van der Waals surface area contributed by atoms with E-state index in [0.717, 1.165) is 36.7 Å². The Labute approximate surface area is 174 Å². The lowest BCUT2D eigenvalue weighted by atomic mass is 10.2. The number of halogens is 1. The number of rotatable bonds is 7. The van der Waals surface area contributed by atoms with E-state index in [-0.39, 0.29) is 24.0 Å². The van der Waals surface area contributed by atoms with Crippen molar-refractivity contribution in [1.29, 1.82) is 0 Å². The Bertz CT molecular complexity index is 769. The van der Waals surface area contributed by atoms with Gasteiger partial charge >= 0.3 is 0 Å². The summed E-state index contributed by atoms with van der Waals surface area (Å²) in [6.07, 6.45) is 4.23. The van der Waals surface area contributed by atoms with Crippen molar-refractivity contribution in [3.63, 3.8) is 0 Å². The van der Waals surface area contributed by atoms with Crippen molar-refractivity contribution >= 4 is 41.3 Å². The molecule has 0 amide bonds. The molecule has 0 radical (unpaired) electrons. The zero-order chi connectivity index (χ0) is 17.3. The van der Waals surface area contributed by atoms with Crippen molar-refractivity contribution in [2.75, 3.05) is 13.1 Å². The van der Waals surface area contributed by atoms with Crippen LogP contribution in [0.4, 0.5) is 0 Å². The van der Waals surface area contributed by atoms with Gasteiger partial charge in [-0.1, -0.05) is 18.2 Å². The van der Waals surface area contributed by atoms with E-state index < -0.39 is 0 Å². The summed E-state index contributed by atoms with van der Waals surface area (Å²) in [6, 6.07) is 12.4. The predicted octanol–water partition coefficient (Wildman–Crippen LogP) is 3.24. The van der Waals surface area contributed by atoms with Gasteiger partial charge in [-0.15, -0.1) is 35.3 Å². The van der Waals surface area contributed by atoms with Crippen LogP contribution in [0.1, 0.15) is 17.4 Å². The Balaban J connectivity index is 0.00000243. The number of guanidine groups is 1. The van der Waals surface area contributed by atoms with Crippen LogP contribution in [0.15, 0.2) is 59.4 Å². The largest absolute Gasteiger partial charge is 0.357 e. The molecule has 8 heteroatoms. The molecular formula is C18H23IN6S. The van der Waals surface area contributed by atoms with Crippen molar-refractivity contribution < 1.29 is 0 Å². The Hall–Kier alpha value is -1.94. The van der Waals surface area contributed by atoms with E-state index in [1.54, 1.807) is 22.3 Å². The van der Waals surface area contributed by atoms with Crippen molar-refractivity contribution in [3.05, 3.63) is 64.9 Å². The normalized spacial score (nSPS) is 11.0. The van der Waals surface area contributed by atoms with E-state index in [4.69, 9.17) is 0 Å². The Morgan fingerprint density at radius 3 is 2.69 bits per heavy atom. The Morgan fingerprint density at radius 1 is 1.19 bits per heavy atom. The zero-order valence-electron chi connectivity index (χ0n) is 14.6. The van der Waals surface area contributed by atoms with E-state index in [1.165, 1.54) is 11.2 Å². The second-order valence-electron chi connectivity index (χ2n) is 5.46. The van der Waals surface area contributed by atoms with Crippen LogP contribution < -0.4 is 10.6 Å². The number of benzene rings is 1. The lowest BCUT2D eigenvalue weighted by Gasteiger charge is -2.11. The maximum Gasteiger partial charge on any atom is 0.191 e. The van der Waals surface area contributed by atoms with Crippen molar-refractivity contribution in [1.82, 2.24) is 25.4 Å². The molecule has 2 heterocycles. The van der Waals surface area contributed by atoms with Gasteiger partial charge in [-0.3, -0.25) is 0 Å². The highest BCUT2D eigenvalue weighted by Gasteiger charge is 2.00. The monoisotopic (exact) mass is 482 g/mol. The molecule has 0 aliphatic rings. The van der Waals surface area contributed by atoms with Gasteiger partial charge in [0.25, 0.3) is 0 Å². The highest BCUT2D eigenvalue weighted by atomic mass is 127. The van der Waals surface area contributed by atoms with Gasteiger partial charge in [-0.05, 0) is 42.5 Å². The fourth-order valence-corrected chi connectivity index (χ4v) is 3.08. The molecule has 6 nitrogen and oxygen atoms in total. The van der Waals surface area contributed by atoms with Gasteiger partial charge in [-0.2, -0.15) is 5.10 Å². The first-order chi connectivity index (χ1) is 12.3. The SMILES string of the molecule is CCNC(=NCc1ccc(-n2cncn2)cc1)NCCc1cccs1.I. The molecule has 0 aliphatic carbocycles. The molecule has 0 spiro atoms. The number of aliphatic imine (C=N–C) groups is 1. The van der Waals surface area contributed by atoms with Crippen molar-refractivity contribution in [2.45, 2.75) is 19.9 Å². The minimum atomic E-state index is 0. The van der Waals surface area contributed by atoms with Gasteiger partial charge in [-0.25, -0.2) is 14.7 Å². The third-order valence-corrected chi connectivity index (χ3v) is 4.56. The summed E-state index contributed by atoms with van der Waals surface area (Å²) < 4.78 is 1.74. The van der Waals surface area contributed by atoms with E-state index in [9.17, 15) is 0 Å². The summed E-state index contributed by atoms with van der Waals surface area (Å²) in [6.45, 7) is 4.42. The summed E-state index contributed by atoms with van der Waals surface area (Å²) >= 11 is 1.79. The zero-order valence-corrected chi connectivity index (χ0v) is 17.8. The molecule has 1 aromatic carbocycles. The predicted molar refractivity (Wildman–Crippen MR) is 118 cm³/mol. The molecule has 2 N–H and O–H groups in total. The molecule has 3 aromatic rings. The molecular weight excluding hydrogens is 459 g/mol. The molecule has 0 atom stereocenters. The number of hydrogen-bond donors (Lipinski definition) is 2. The molecule has 138 valence electrons. The van der Waals surface area contributed by atoms with Crippen LogP contribution in [0.3, 0.4) is 0 Å². The number of thiophene rings is 1. The molecule has 26 heavy (non-hydrogen) atoms. The van der Waals surface area contributed by atoms with E-state index in [2.05, 4.69) is 62.3 Å². The fourth-order valence-electron chi connectivity index (χ4n) is 2.37. The first kappa shape index (κ1) is 20.4. The standard InChI is InChI=1S/C18H22N6S.HI/c1-2-20-18(21-10-9-17-4-3-11-25-17)22-12-15-5-7-16(8-6-15)24-14-19-13-23-24;/h3-8,11,13-14H,2,9-10,12H2,1H3,(H2,20,21,22);1H. The van der Waals surface area contributed by atoms with Crippen LogP contribution in [0.2, 0.25) is 0 Å². The summed E-state index contributed by atoms with van der Waals surface area (Å²) in [5.74, 6) is 0.847. The maximum atomic E-state index is 4.66. The van der Waals surface area contributed by atoms with E-state index in [1.807, 2.05) is 12.1 Å². The lowest BCUT2D eigenvalue weighted by molar-refractivity contribution is 0.804. The molecule has 0 aliphatic heterocycles. The first-order valence-electron chi connectivity index (χ1n) is 8.33. The van der Waals surface area contributed by atoms with E-state index >= 15 is 0 Å². The molecule has 3 rings (SSSR count). The van der Waals surface area contributed by atoms with Gasteiger partial charge in [0.2, 0.25) is 0 Å². The molecule has 0 saturated heterocycles. The Morgan fingerprint density at radius 2 is 2.04 bits per heavy atom. The van der Waals surface area contributed by atoms with Crippen LogP contribution >= 0.6 is 35.3 Å². The number of nitrogens with one attached hydrogen (secondary N) is 2. The Kier molecular flexibility index (Phi) is 8.56. The minimum absolute atomic E-state index is 0. The molecule has 2 aromatic heterocycles. The summed E-state index contributed by atoms with van der Waals surface area (Å²) in [4.78, 5) is 10.0. The van der Waals surface area contributed by atoms with Gasteiger partial charge in [0.05, 0.1) is 12.2 Å². The van der Waals surface area contributed by atoms with Crippen LogP contribution in [0.5, 0.6) is 0 Å². The smallest absolute Gasteiger partial charge is 0.191 e. The quantitative estimate of drug-likeness (QED) is 0.308. The van der Waals surface area contributed by atoms with Gasteiger partial charge < -0.3 is 10.6 Å². The topological polar surface area (TPSA) is 67.1 Å². The summed E-state index contributed by atoms with van der Waals surface area (Å²) in [7, 11) is 0. The second-order valence-corrected chi connectivity index (χ2v) is 6.49. The number of aromatic nitrogens is 3. The van der Waals surface area contributed by atoms with E-state index in [0.29, 0.717) is 6.54 Å². The van der Waals surface area contributed by atoms with Gasteiger partial charge in [0, 0.05) is 18.0 Å². The minimum Gasteiger partial charge on any atom is -0.357 e. The van der Waals surface area contributed by atoms with Crippen LogP contribution in [-0.4, -0.2) is 33.8 Å². The number of hydrogen-bond acceptors (Lipinski definition) is 4. The lowest BCUT2D eigenvalue weighted by Crippen LogP contribution is -2.38. The fraction of sp³-hybridized carbons (Fsp3) is 0.278. The average molecular weight is 482 g/mol. The third kappa shape index (κ3) is 6.10. The highest BCUT2D eigenvalue weighted by Crippen LogP contribution is 2.09. The van der Waals surface area contributed by atoms with Crippen molar-refractivity contribution in [3.8, 4) is 5.69 Å². The summed E-state index contributed by atoms with van der Waals surface area (Å²) in [5, 5.41) is 12.9. The second kappa shape index (κ2) is 10.9. The molecule has 0 fully saturated rings. The van der Waals surface area contributed by atoms with Crippen LogP contribution in [0, 0.1) is 0 Å². The van der Waals surface area contributed by atoms with Gasteiger partial charge in [0.1, 0.15) is 12.7 Å². The van der Waals surface area contributed by atoms with Crippen molar-refractivity contribution in [2.24, 2.45) is 4.99 Å². The first-order valence-corrected chi connectivity index (χ1v) is 9.21. The molecule has 0 unspecified atom stereocenters. The average Bonchev–Trinajstić information content (AvgIpc) is 3.34. The van der Waals surface area contributed by atoms with Gasteiger partial charge in [0.15, 0.2) is 5.96 Å². The summed E-state index contributed by atoms with van der Waals surface area (Å²) in [5.41, 5.74) is 2.14. The number of nitrogens with zero attached hydrogens (tertiary/aromatic N) is 4. The molecule has 0 saturated carbocycles.